The van der Waals surface area contributed by atoms with Gasteiger partial charge in [0.05, 0.1) is 36.9 Å². The van der Waals surface area contributed by atoms with Gasteiger partial charge in [-0.05, 0) is 99.4 Å². The van der Waals surface area contributed by atoms with Crippen molar-refractivity contribution in [2.24, 2.45) is 35.3 Å². The Hall–Kier alpha value is -4.88. The summed E-state index contributed by atoms with van der Waals surface area (Å²) in [5.74, 6) is -1.37. The highest BCUT2D eigenvalue weighted by Gasteiger charge is 2.67. The maximum absolute atomic E-state index is 14.7. The van der Waals surface area contributed by atoms with Gasteiger partial charge in [-0.3, -0.25) is 4.79 Å². The minimum atomic E-state index is -1.60. The van der Waals surface area contributed by atoms with Gasteiger partial charge >= 0.3 is 11.6 Å². The average molecular weight is 1010 g/mol. The monoisotopic (exact) mass is 1010 g/mol. The summed E-state index contributed by atoms with van der Waals surface area (Å²) in [5.41, 5.74) is 8.07. The molecule has 1 aromatic heterocycles. The van der Waals surface area contributed by atoms with Crippen LogP contribution in [0.1, 0.15) is 62.6 Å². The zero-order valence-electron chi connectivity index (χ0n) is 40.5. The third-order valence-electron chi connectivity index (χ3n) is 16.2. The fourth-order valence-corrected chi connectivity index (χ4v) is 15.5. The summed E-state index contributed by atoms with van der Waals surface area (Å²) in [5, 5.41) is 50.0. The van der Waals surface area contributed by atoms with Crippen LogP contribution in [-0.4, -0.2) is 124 Å². The Morgan fingerprint density at radius 1 is 1.13 bits per heavy atom. The second-order valence-corrected chi connectivity index (χ2v) is 22.9. The van der Waals surface area contributed by atoms with E-state index in [4.69, 9.17) is 19.6 Å². The van der Waals surface area contributed by atoms with Gasteiger partial charge in [0.1, 0.15) is 17.6 Å². The Balaban J connectivity index is 1.12. The summed E-state index contributed by atoms with van der Waals surface area (Å²) in [6.45, 7) is 3.39. The molecule has 3 aromatic rings. The van der Waals surface area contributed by atoms with Crippen LogP contribution < -0.4 is 26.7 Å². The minimum absolute atomic E-state index is 0.0181. The van der Waals surface area contributed by atoms with Gasteiger partial charge in [0.15, 0.2) is 11.2 Å². The SMILES string of the molecule is C/C=C(\CCO)C(=O)O[C@]1(C)[C@@H](CO)C=C2CSS[C@@H]3C[C@H](C=O)[C@H](NC)[C@H]4CN(C(=O)CC5=C(C=C(N)NC5)[C@H]2[C@]12Cc1cc5cc(C[C@H](CO)CC[C@H](O)Cc6ccccc6)c(=O)oc5cc1O2)[C@H]43. The van der Waals surface area contributed by atoms with E-state index in [-0.39, 0.29) is 97.6 Å². The number of ether oxygens (including phenoxy) is 2. The van der Waals surface area contributed by atoms with Gasteiger partial charge in [-0.1, -0.05) is 69.6 Å². The molecule has 11 atom stereocenters. The molecule has 4 aliphatic heterocycles. The first-order valence-electron chi connectivity index (χ1n) is 24.8. The number of rotatable bonds is 15. The molecule has 0 radical (unpaired) electrons. The van der Waals surface area contributed by atoms with Crippen molar-refractivity contribution in [1.82, 2.24) is 15.5 Å². The minimum Gasteiger partial charge on any atom is -0.481 e. The van der Waals surface area contributed by atoms with Crippen LogP contribution in [0.5, 0.6) is 5.75 Å². The summed E-state index contributed by atoms with van der Waals surface area (Å²) in [6.07, 6.45) is 8.39. The molecule has 380 valence electrons. The topological polar surface area (TPSA) is 234 Å². The largest absolute Gasteiger partial charge is 0.481 e. The van der Waals surface area contributed by atoms with E-state index in [1.165, 1.54) is 0 Å². The van der Waals surface area contributed by atoms with Gasteiger partial charge in [0.25, 0.3) is 0 Å². The van der Waals surface area contributed by atoms with Crippen LogP contribution in [0, 0.1) is 29.6 Å². The fraction of sp³-hybridized carbons (Fsp3) is 0.519. The van der Waals surface area contributed by atoms with Crippen molar-refractivity contribution in [3.63, 3.8) is 0 Å². The third-order valence-corrected chi connectivity index (χ3v) is 19.0. The molecule has 1 saturated heterocycles. The quantitative estimate of drug-likeness (QED) is 0.0281. The van der Waals surface area contributed by atoms with Crippen molar-refractivity contribution in [2.45, 2.75) is 99.9 Å². The molecule has 6 aliphatic rings. The fourth-order valence-electron chi connectivity index (χ4n) is 12.4. The number of hydrogen-bond acceptors (Lipinski definition) is 16. The second-order valence-electron chi connectivity index (χ2n) is 20.3. The number of nitrogens with two attached hydrogens (primary N) is 1. The molecule has 2 aromatic carbocycles. The highest BCUT2D eigenvalue weighted by atomic mass is 33.1. The van der Waals surface area contributed by atoms with Crippen molar-refractivity contribution in [1.29, 1.82) is 0 Å². The van der Waals surface area contributed by atoms with Crippen LogP contribution in [0.15, 0.2) is 104 Å². The lowest BCUT2D eigenvalue weighted by molar-refractivity contribution is -0.202. The first-order valence-corrected chi connectivity index (χ1v) is 27.2. The molecule has 1 amide bonds. The van der Waals surface area contributed by atoms with Crippen LogP contribution >= 0.6 is 21.6 Å². The van der Waals surface area contributed by atoms with E-state index < -0.39 is 47.3 Å². The highest BCUT2D eigenvalue weighted by molar-refractivity contribution is 8.77. The normalized spacial score (nSPS) is 30.2. The van der Waals surface area contributed by atoms with Crippen LogP contribution in [0.4, 0.5) is 0 Å². The number of nitrogens with one attached hydrogen (secondary N) is 2. The van der Waals surface area contributed by atoms with Gasteiger partial charge in [0, 0.05) is 96.5 Å². The highest BCUT2D eigenvalue weighted by Crippen LogP contribution is 2.59. The zero-order chi connectivity index (χ0) is 50.2. The predicted molar refractivity (Wildman–Crippen MR) is 273 cm³/mol. The number of carbonyl (C=O) groups is 3. The summed E-state index contributed by atoms with van der Waals surface area (Å²) < 4.78 is 20.1. The number of benzene rings is 2. The van der Waals surface area contributed by atoms with Crippen molar-refractivity contribution in [3.8, 4) is 5.75 Å². The Bertz CT molecular complexity index is 2710. The number of aliphatic hydroxyl groups excluding tert-OH is 4. The second kappa shape index (κ2) is 21.3. The number of carbonyl (C=O) groups excluding carboxylic acids is 3. The number of dihydropyridines is 1. The van der Waals surface area contributed by atoms with E-state index in [1.54, 1.807) is 53.6 Å². The Kier molecular flexibility index (Phi) is 15.3. The maximum Gasteiger partial charge on any atom is 0.339 e. The third kappa shape index (κ3) is 9.63. The van der Waals surface area contributed by atoms with Gasteiger partial charge < -0.3 is 60.4 Å². The predicted octanol–water partition coefficient (Wildman–Crippen LogP) is 4.28. The molecule has 2 aliphatic carbocycles. The van der Waals surface area contributed by atoms with Gasteiger partial charge in [-0.15, -0.1) is 0 Å². The summed E-state index contributed by atoms with van der Waals surface area (Å²) in [4.78, 5) is 57.3. The Morgan fingerprint density at radius 3 is 2.65 bits per heavy atom. The molecule has 0 bridgehead atoms. The molecule has 9 rings (SSSR count). The van der Waals surface area contributed by atoms with Crippen molar-refractivity contribution in [3.05, 3.63) is 122 Å². The van der Waals surface area contributed by atoms with Crippen LogP contribution in [0.25, 0.3) is 11.0 Å². The molecule has 2 fully saturated rings. The van der Waals surface area contributed by atoms with Crippen LogP contribution in [0.3, 0.4) is 0 Å². The number of hydrogen-bond donors (Lipinski definition) is 7. The van der Waals surface area contributed by atoms with Crippen LogP contribution in [-0.2, 0) is 38.4 Å². The summed E-state index contributed by atoms with van der Waals surface area (Å²) >= 11 is 0. The van der Waals surface area contributed by atoms with Crippen LogP contribution in [0.2, 0.25) is 0 Å². The first-order chi connectivity index (χ1) is 34.3. The van der Waals surface area contributed by atoms with Crippen molar-refractivity contribution < 1.29 is 48.7 Å². The molecule has 1 saturated carbocycles. The lowest BCUT2D eigenvalue weighted by Gasteiger charge is -2.59. The molecule has 5 heterocycles. The lowest BCUT2D eigenvalue weighted by atomic mass is 9.57. The molecular formula is C54H66N4O11S2. The lowest BCUT2D eigenvalue weighted by Crippen LogP contribution is -2.71. The average Bonchev–Trinajstić information content (AvgIpc) is 3.72. The number of nitrogens with zero attached hydrogens (tertiary/aromatic N) is 1. The molecule has 71 heavy (non-hydrogen) atoms. The van der Waals surface area contributed by atoms with E-state index >= 15 is 0 Å². The molecule has 8 N–H and O–H groups in total. The van der Waals surface area contributed by atoms with E-state index in [0.29, 0.717) is 60.5 Å². The number of fused-ring (bicyclic) bond motifs is 5. The zero-order valence-corrected chi connectivity index (χ0v) is 42.1. The Labute approximate surface area is 421 Å². The molecule has 17 heteroatoms. The van der Waals surface area contributed by atoms with Crippen molar-refractivity contribution >= 4 is 50.7 Å². The van der Waals surface area contributed by atoms with Gasteiger partial charge in [-0.2, -0.15) is 0 Å². The smallest absolute Gasteiger partial charge is 0.339 e. The summed E-state index contributed by atoms with van der Waals surface area (Å²) in [6, 6.07) is 15.0. The molecule has 0 unspecified atom stereocenters. The summed E-state index contributed by atoms with van der Waals surface area (Å²) in [7, 11) is 5.18. The Morgan fingerprint density at radius 2 is 1.93 bits per heavy atom. The van der Waals surface area contributed by atoms with E-state index in [1.807, 2.05) is 60.5 Å². The van der Waals surface area contributed by atoms with E-state index in [2.05, 4.69) is 10.6 Å². The number of esters is 1. The molecule has 15 nitrogen and oxygen atoms in total. The first kappa shape index (κ1) is 51.0. The molecule has 1 spiro atoms. The van der Waals surface area contributed by atoms with Gasteiger partial charge in [-0.25, -0.2) is 9.59 Å². The number of aliphatic hydroxyl groups is 4. The standard InChI is InChI=1S/C54H66N4O11S2/c1-4-32(12-13-59)52(66)69-53(2)39(28-62)18-38-29-70-71-45-19-37(27-61)49(56-3)42-25-58(50(42)45)47(64)20-36-24-57-46(55)21-41(36)48(38)54(53)23-35-17-33-16-34(51(65)67-43(33)22-44(35)68-54)14-31(26-60)10-11-40(63)15-30-8-6-5-7-9-30/h4-9,16-18,21-22,27,31,37,39-40,42,45,48-50,56-57,59-60,62-63H,10-15,19-20,23-26,28-29,55H2,1-3H3/b32-4+/t31-,37-,39-,40+,42-,45-,48+,49+,50-,53-,54-/m1/s1. The van der Waals surface area contributed by atoms with Gasteiger partial charge in [0.2, 0.25) is 5.91 Å². The number of allylic oxidation sites excluding steroid dienone is 2. The van der Waals surface area contributed by atoms with Crippen molar-refractivity contribution in [2.75, 3.05) is 45.7 Å². The van der Waals surface area contributed by atoms with E-state index in [0.717, 1.165) is 34.1 Å². The molecular weight excluding hydrogens is 945 g/mol. The maximum atomic E-state index is 14.7. The number of aldehydes is 1. The van der Waals surface area contributed by atoms with E-state index in [9.17, 15) is 39.6 Å². The number of amides is 1.